The molecule has 1 saturated heterocycles. The molecule has 0 radical (unpaired) electrons. The summed E-state index contributed by atoms with van der Waals surface area (Å²) in [5.41, 5.74) is 0.820. The summed E-state index contributed by atoms with van der Waals surface area (Å²) in [6, 6.07) is 6.64. The molecule has 2 heterocycles. The lowest BCUT2D eigenvalue weighted by molar-refractivity contribution is 0.220. The number of thioether (sulfide) groups is 1. The van der Waals surface area contributed by atoms with Crippen LogP contribution in [0.25, 0.3) is 0 Å². The first-order chi connectivity index (χ1) is 11.0. The van der Waals surface area contributed by atoms with Gasteiger partial charge in [-0.25, -0.2) is 9.07 Å². The highest BCUT2D eigenvalue weighted by atomic mass is 32.2. The van der Waals surface area contributed by atoms with Gasteiger partial charge in [-0.15, -0.1) is 5.10 Å². The molecule has 0 saturated carbocycles. The predicted octanol–water partition coefficient (Wildman–Crippen LogP) is 2.71. The molecule has 0 spiro atoms. The van der Waals surface area contributed by atoms with E-state index in [-0.39, 0.29) is 17.4 Å². The molecule has 1 aliphatic heterocycles. The summed E-state index contributed by atoms with van der Waals surface area (Å²) < 4.78 is 15.2. The molecule has 0 unspecified atom stereocenters. The van der Waals surface area contributed by atoms with E-state index in [9.17, 15) is 4.39 Å². The maximum absolute atomic E-state index is 13.3. The summed E-state index contributed by atoms with van der Waals surface area (Å²) in [6.07, 6.45) is 0. The second-order valence-electron chi connectivity index (χ2n) is 6.72. The fourth-order valence-electron chi connectivity index (χ4n) is 2.85. The third-order valence-electron chi connectivity index (χ3n) is 3.97. The lowest BCUT2D eigenvalue weighted by Gasteiger charge is -2.35. The van der Waals surface area contributed by atoms with Crippen molar-refractivity contribution in [2.24, 2.45) is 0 Å². The van der Waals surface area contributed by atoms with Crippen molar-refractivity contribution in [2.45, 2.75) is 32.4 Å². The Labute approximate surface area is 140 Å². The van der Waals surface area contributed by atoms with Gasteiger partial charge in [0.1, 0.15) is 5.82 Å². The zero-order valence-electron chi connectivity index (χ0n) is 13.7. The molecule has 23 heavy (non-hydrogen) atoms. The van der Waals surface area contributed by atoms with E-state index in [0.717, 1.165) is 36.0 Å². The van der Waals surface area contributed by atoms with Gasteiger partial charge in [0.15, 0.2) is 5.82 Å². The van der Waals surface area contributed by atoms with Crippen LogP contribution in [0.5, 0.6) is 0 Å². The van der Waals surface area contributed by atoms with Gasteiger partial charge in [0.2, 0.25) is 0 Å². The number of nitrogens with zero attached hydrogens (tertiary/aromatic N) is 5. The molecule has 1 atom stereocenters. The minimum Gasteiger partial charge on any atom is -0.288 e. The van der Waals surface area contributed by atoms with Crippen molar-refractivity contribution in [2.75, 3.05) is 24.6 Å². The highest BCUT2D eigenvalue weighted by Crippen LogP contribution is 2.31. The Morgan fingerprint density at radius 2 is 1.78 bits per heavy atom. The average molecular weight is 335 g/mol. The fraction of sp³-hybridized carbons (Fsp3) is 0.562. The normalized spacial score (nSPS) is 18.1. The summed E-state index contributed by atoms with van der Waals surface area (Å²) in [7, 11) is 0. The van der Waals surface area contributed by atoms with Crippen molar-refractivity contribution in [3.63, 3.8) is 0 Å². The molecule has 1 aliphatic rings. The first kappa shape index (κ1) is 16.4. The van der Waals surface area contributed by atoms with Gasteiger partial charge in [0.05, 0.1) is 11.6 Å². The third-order valence-corrected chi connectivity index (χ3v) is 4.91. The number of hydrogen-bond donors (Lipinski definition) is 0. The Kier molecular flexibility index (Phi) is 4.68. The Morgan fingerprint density at radius 3 is 2.39 bits per heavy atom. The molecule has 0 amide bonds. The summed E-state index contributed by atoms with van der Waals surface area (Å²) >= 11 is 1.96. The van der Waals surface area contributed by atoms with Crippen molar-refractivity contribution in [1.29, 1.82) is 0 Å². The maximum Gasteiger partial charge on any atom is 0.173 e. The standard InChI is InChI=1S/C16H22FN5S/c1-16(2,3)22-15(18-19-20-22)14(21-8-10-23-11-9-21)12-4-6-13(17)7-5-12/h4-7,14H,8-11H2,1-3H3/t14-/m0/s1. The molecule has 1 aromatic heterocycles. The highest BCUT2D eigenvalue weighted by Gasteiger charge is 2.32. The SMILES string of the molecule is CC(C)(C)n1nnnc1[C@H](c1ccc(F)cc1)N1CCSCC1. The third kappa shape index (κ3) is 3.55. The minimum absolute atomic E-state index is 0.0503. The van der Waals surface area contributed by atoms with E-state index in [2.05, 4.69) is 41.2 Å². The van der Waals surface area contributed by atoms with Crippen molar-refractivity contribution in [3.05, 3.63) is 41.5 Å². The van der Waals surface area contributed by atoms with Crippen LogP contribution in [0.4, 0.5) is 4.39 Å². The average Bonchev–Trinajstić information content (AvgIpc) is 3.00. The lowest BCUT2D eigenvalue weighted by atomic mass is 10.0. The smallest absolute Gasteiger partial charge is 0.173 e. The monoisotopic (exact) mass is 335 g/mol. The molecule has 7 heteroatoms. The van der Waals surface area contributed by atoms with Gasteiger partial charge < -0.3 is 0 Å². The van der Waals surface area contributed by atoms with Gasteiger partial charge in [-0.3, -0.25) is 4.90 Å². The van der Waals surface area contributed by atoms with Crippen LogP contribution >= 0.6 is 11.8 Å². The van der Waals surface area contributed by atoms with Crippen LogP contribution in [0.2, 0.25) is 0 Å². The van der Waals surface area contributed by atoms with Crippen LogP contribution in [0.3, 0.4) is 0 Å². The topological polar surface area (TPSA) is 46.8 Å². The number of aromatic nitrogens is 4. The van der Waals surface area contributed by atoms with Crippen LogP contribution in [0, 0.1) is 5.82 Å². The first-order valence-corrected chi connectivity index (χ1v) is 8.98. The van der Waals surface area contributed by atoms with E-state index in [1.165, 1.54) is 12.1 Å². The van der Waals surface area contributed by atoms with E-state index in [1.54, 1.807) is 0 Å². The maximum atomic E-state index is 13.3. The predicted molar refractivity (Wildman–Crippen MR) is 90.0 cm³/mol. The Hall–Kier alpha value is -1.47. The lowest BCUT2D eigenvalue weighted by Crippen LogP contribution is -2.39. The van der Waals surface area contributed by atoms with Crippen molar-refractivity contribution in [3.8, 4) is 0 Å². The van der Waals surface area contributed by atoms with Gasteiger partial charge in [-0.05, 0) is 48.9 Å². The molecule has 5 nitrogen and oxygen atoms in total. The van der Waals surface area contributed by atoms with Gasteiger partial charge in [-0.1, -0.05) is 12.1 Å². The van der Waals surface area contributed by atoms with Crippen molar-refractivity contribution < 1.29 is 4.39 Å². The molecule has 0 bridgehead atoms. The quantitative estimate of drug-likeness (QED) is 0.863. The van der Waals surface area contributed by atoms with E-state index < -0.39 is 0 Å². The molecule has 3 rings (SSSR count). The molecule has 124 valence electrons. The molecule has 1 aromatic carbocycles. The number of benzene rings is 1. The summed E-state index contributed by atoms with van der Waals surface area (Å²) in [6.45, 7) is 8.20. The van der Waals surface area contributed by atoms with Crippen molar-refractivity contribution in [1.82, 2.24) is 25.1 Å². The van der Waals surface area contributed by atoms with Crippen LogP contribution in [0.15, 0.2) is 24.3 Å². The Balaban J connectivity index is 2.05. The number of hydrogen-bond acceptors (Lipinski definition) is 5. The van der Waals surface area contributed by atoms with Gasteiger partial charge >= 0.3 is 0 Å². The molecule has 0 aliphatic carbocycles. The zero-order valence-corrected chi connectivity index (χ0v) is 14.6. The molecule has 1 fully saturated rings. The number of halogens is 1. The van der Waals surface area contributed by atoms with Crippen LogP contribution in [-0.4, -0.2) is 49.7 Å². The van der Waals surface area contributed by atoms with Gasteiger partial charge in [0.25, 0.3) is 0 Å². The minimum atomic E-state index is -0.225. The summed E-state index contributed by atoms with van der Waals surface area (Å²) in [4.78, 5) is 2.39. The molecular formula is C16H22FN5S. The number of rotatable bonds is 3. The second-order valence-corrected chi connectivity index (χ2v) is 7.95. The molecule has 2 aromatic rings. The highest BCUT2D eigenvalue weighted by molar-refractivity contribution is 7.99. The van der Waals surface area contributed by atoms with Crippen LogP contribution < -0.4 is 0 Å². The molecule has 0 N–H and O–H groups in total. The van der Waals surface area contributed by atoms with Crippen LogP contribution in [-0.2, 0) is 5.54 Å². The largest absolute Gasteiger partial charge is 0.288 e. The van der Waals surface area contributed by atoms with E-state index >= 15 is 0 Å². The van der Waals surface area contributed by atoms with Gasteiger partial charge in [0, 0.05) is 24.6 Å². The zero-order chi connectivity index (χ0) is 16.4. The second kappa shape index (κ2) is 6.57. The Morgan fingerprint density at radius 1 is 1.13 bits per heavy atom. The summed E-state index contributed by atoms with van der Waals surface area (Å²) in [5, 5.41) is 12.4. The Bertz CT molecular complexity index is 643. The van der Waals surface area contributed by atoms with E-state index in [1.807, 2.05) is 28.6 Å². The van der Waals surface area contributed by atoms with E-state index in [4.69, 9.17) is 0 Å². The first-order valence-electron chi connectivity index (χ1n) is 7.83. The number of tetrazole rings is 1. The van der Waals surface area contributed by atoms with E-state index in [0.29, 0.717) is 0 Å². The van der Waals surface area contributed by atoms with Crippen LogP contribution in [0.1, 0.15) is 38.2 Å². The summed E-state index contributed by atoms with van der Waals surface area (Å²) in [5.74, 6) is 2.77. The molecular weight excluding hydrogens is 313 g/mol. The van der Waals surface area contributed by atoms with Crippen molar-refractivity contribution >= 4 is 11.8 Å². The fourth-order valence-corrected chi connectivity index (χ4v) is 3.78. The van der Waals surface area contributed by atoms with Gasteiger partial charge in [-0.2, -0.15) is 11.8 Å².